The van der Waals surface area contributed by atoms with Crippen molar-refractivity contribution in [3.63, 3.8) is 0 Å². The van der Waals surface area contributed by atoms with Gasteiger partial charge in [0.1, 0.15) is 0 Å². The van der Waals surface area contributed by atoms with E-state index in [-0.39, 0.29) is 5.78 Å². The third kappa shape index (κ3) is 3.90. The highest BCUT2D eigenvalue weighted by Gasteiger charge is 2.22. The Morgan fingerprint density at radius 2 is 1.95 bits per heavy atom. The molecule has 2 atom stereocenters. The van der Waals surface area contributed by atoms with Crippen LogP contribution in [0.15, 0.2) is 18.2 Å². The highest BCUT2D eigenvalue weighted by atomic mass is 16.1. The van der Waals surface area contributed by atoms with Gasteiger partial charge in [0, 0.05) is 18.0 Å². The van der Waals surface area contributed by atoms with Gasteiger partial charge in [-0.25, -0.2) is 0 Å². The van der Waals surface area contributed by atoms with Crippen molar-refractivity contribution in [2.24, 2.45) is 5.92 Å². The van der Waals surface area contributed by atoms with Crippen LogP contribution in [0.3, 0.4) is 0 Å². The van der Waals surface area contributed by atoms with Crippen LogP contribution in [-0.4, -0.2) is 18.4 Å². The standard InChI is InChI=1S/C17H25NO/c1-4-14-5-6-18-16(10-14)11-17(19)15-8-12(2)7-13(3)9-15/h7-9,14,16,18H,4-6,10-11H2,1-3H3. The number of hydrogen-bond acceptors (Lipinski definition) is 2. The number of rotatable bonds is 4. The van der Waals surface area contributed by atoms with Crippen LogP contribution in [0.2, 0.25) is 0 Å². The summed E-state index contributed by atoms with van der Waals surface area (Å²) in [4.78, 5) is 12.4. The van der Waals surface area contributed by atoms with Crippen molar-refractivity contribution in [2.75, 3.05) is 6.54 Å². The number of nitrogens with one attached hydrogen (secondary N) is 1. The molecule has 1 N–H and O–H groups in total. The maximum Gasteiger partial charge on any atom is 0.164 e. The summed E-state index contributed by atoms with van der Waals surface area (Å²) in [6.07, 6.45) is 4.27. The molecule has 0 bridgehead atoms. The molecule has 0 saturated carbocycles. The third-order valence-electron chi connectivity index (χ3n) is 4.16. The molecule has 2 heteroatoms. The van der Waals surface area contributed by atoms with Gasteiger partial charge in [0.2, 0.25) is 0 Å². The normalized spacial score (nSPS) is 23.3. The Morgan fingerprint density at radius 1 is 1.26 bits per heavy atom. The van der Waals surface area contributed by atoms with E-state index in [0.29, 0.717) is 12.5 Å². The van der Waals surface area contributed by atoms with Crippen molar-refractivity contribution in [1.29, 1.82) is 0 Å². The quantitative estimate of drug-likeness (QED) is 0.836. The lowest BCUT2D eigenvalue weighted by Crippen LogP contribution is -2.39. The Labute approximate surface area is 116 Å². The van der Waals surface area contributed by atoms with Gasteiger partial charge >= 0.3 is 0 Å². The van der Waals surface area contributed by atoms with Crippen LogP contribution in [0.1, 0.15) is 54.1 Å². The van der Waals surface area contributed by atoms with E-state index in [4.69, 9.17) is 0 Å². The zero-order valence-electron chi connectivity index (χ0n) is 12.3. The maximum absolute atomic E-state index is 12.4. The van der Waals surface area contributed by atoms with Crippen LogP contribution in [0.25, 0.3) is 0 Å². The number of hydrogen-bond donors (Lipinski definition) is 1. The first-order valence-corrected chi connectivity index (χ1v) is 7.43. The summed E-state index contributed by atoms with van der Waals surface area (Å²) in [6.45, 7) is 7.41. The Kier molecular flexibility index (Phi) is 4.76. The summed E-state index contributed by atoms with van der Waals surface area (Å²) in [5, 5.41) is 3.49. The topological polar surface area (TPSA) is 29.1 Å². The molecule has 1 saturated heterocycles. The average molecular weight is 259 g/mol. The molecule has 1 aromatic carbocycles. The van der Waals surface area contributed by atoms with Gasteiger partial charge < -0.3 is 5.32 Å². The van der Waals surface area contributed by atoms with Gasteiger partial charge in [-0.3, -0.25) is 4.79 Å². The summed E-state index contributed by atoms with van der Waals surface area (Å²) in [6, 6.07) is 6.50. The van der Waals surface area contributed by atoms with Gasteiger partial charge in [0.15, 0.2) is 5.78 Å². The van der Waals surface area contributed by atoms with Crippen molar-refractivity contribution < 1.29 is 4.79 Å². The molecule has 0 amide bonds. The zero-order valence-corrected chi connectivity index (χ0v) is 12.3. The molecule has 2 nitrogen and oxygen atoms in total. The lowest BCUT2D eigenvalue weighted by molar-refractivity contribution is 0.0957. The first kappa shape index (κ1) is 14.3. The first-order chi connectivity index (χ1) is 9.08. The highest BCUT2D eigenvalue weighted by molar-refractivity contribution is 5.96. The molecule has 2 rings (SSSR count). The van der Waals surface area contributed by atoms with Gasteiger partial charge in [-0.2, -0.15) is 0 Å². The highest BCUT2D eigenvalue weighted by Crippen LogP contribution is 2.22. The number of ketones is 1. The molecule has 1 aliphatic heterocycles. The molecule has 0 aliphatic carbocycles. The fourth-order valence-electron chi connectivity index (χ4n) is 3.10. The minimum Gasteiger partial charge on any atom is -0.314 e. The molecule has 1 aliphatic rings. The Bertz CT molecular complexity index is 432. The van der Waals surface area contributed by atoms with E-state index in [1.807, 2.05) is 12.1 Å². The van der Waals surface area contributed by atoms with Crippen LogP contribution in [0, 0.1) is 19.8 Å². The zero-order chi connectivity index (χ0) is 13.8. The summed E-state index contributed by atoms with van der Waals surface area (Å²) >= 11 is 0. The first-order valence-electron chi connectivity index (χ1n) is 7.43. The minimum atomic E-state index is 0.279. The number of carbonyl (C=O) groups excluding carboxylic acids is 1. The molecule has 0 radical (unpaired) electrons. The number of Topliss-reactive ketones (excluding diaryl/α,β-unsaturated/α-hetero) is 1. The van der Waals surface area contributed by atoms with Crippen LogP contribution < -0.4 is 5.32 Å². The number of carbonyl (C=O) groups is 1. The van der Waals surface area contributed by atoms with E-state index in [2.05, 4.69) is 32.2 Å². The summed E-state index contributed by atoms with van der Waals surface area (Å²) in [5.41, 5.74) is 3.22. The number of piperidine rings is 1. The largest absolute Gasteiger partial charge is 0.314 e. The third-order valence-corrected chi connectivity index (χ3v) is 4.16. The molecule has 1 aromatic rings. The fraction of sp³-hybridized carbons (Fsp3) is 0.588. The second kappa shape index (κ2) is 6.33. The molecule has 104 valence electrons. The van der Waals surface area contributed by atoms with Crippen molar-refractivity contribution in [1.82, 2.24) is 5.32 Å². The lowest BCUT2D eigenvalue weighted by atomic mass is 9.87. The van der Waals surface area contributed by atoms with Crippen molar-refractivity contribution in [2.45, 2.75) is 52.5 Å². The Morgan fingerprint density at radius 3 is 2.58 bits per heavy atom. The summed E-state index contributed by atoms with van der Waals surface area (Å²) < 4.78 is 0. The number of benzene rings is 1. The maximum atomic E-state index is 12.4. The minimum absolute atomic E-state index is 0.279. The van der Waals surface area contributed by atoms with Crippen LogP contribution in [0.4, 0.5) is 0 Å². The SMILES string of the molecule is CCC1CCNC(CC(=O)c2cc(C)cc(C)c2)C1. The summed E-state index contributed by atoms with van der Waals surface area (Å²) in [7, 11) is 0. The molecular formula is C17H25NO. The Hall–Kier alpha value is -1.15. The van der Waals surface area contributed by atoms with Gasteiger partial charge in [-0.15, -0.1) is 0 Å². The second-order valence-corrected chi connectivity index (χ2v) is 5.95. The smallest absolute Gasteiger partial charge is 0.164 e. The fourth-order valence-corrected chi connectivity index (χ4v) is 3.10. The van der Waals surface area contributed by atoms with Crippen LogP contribution in [-0.2, 0) is 0 Å². The molecule has 0 aromatic heterocycles. The predicted octanol–water partition coefficient (Wildman–Crippen LogP) is 3.65. The second-order valence-electron chi connectivity index (χ2n) is 5.95. The van der Waals surface area contributed by atoms with Crippen LogP contribution >= 0.6 is 0 Å². The van der Waals surface area contributed by atoms with Gasteiger partial charge in [0.05, 0.1) is 0 Å². The molecule has 2 unspecified atom stereocenters. The van der Waals surface area contributed by atoms with E-state index >= 15 is 0 Å². The van der Waals surface area contributed by atoms with Crippen molar-refractivity contribution in [3.05, 3.63) is 34.9 Å². The molecule has 1 fully saturated rings. The van der Waals surface area contributed by atoms with Gasteiger partial charge in [-0.1, -0.05) is 30.5 Å². The van der Waals surface area contributed by atoms with Crippen LogP contribution in [0.5, 0.6) is 0 Å². The Balaban J connectivity index is 2.00. The predicted molar refractivity (Wildman–Crippen MR) is 79.7 cm³/mol. The lowest BCUT2D eigenvalue weighted by Gasteiger charge is -2.29. The monoisotopic (exact) mass is 259 g/mol. The van der Waals surface area contributed by atoms with E-state index < -0.39 is 0 Å². The van der Waals surface area contributed by atoms with E-state index in [1.54, 1.807) is 0 Å². The van der Waals surface area contributed by atoms with Gasteiger partial charge in [-0.05, 0) is 51.3 Å². The van der Waals surface area contributed by atoms with Gasteiger partial charge in [0.25, 0.3) is 0 Å². The van der Waals surface area contributed by atoms with E-state index in [9.17, 15) is 4.79 Å². The molecule has 1 heterocycles. The summed E-state index contributed by atoms with van der Waals surface area (Å²) in [5.74, 6) is 1.07. The molecule has 19 heavy (non-hydrogen) atoms. The van der Waals surface area contributed by atoms with Crippen molar-refractivity contribution >= 4 is 5.78 Å². The average Bonchev–Trinajstić information content (AvgIpc) is 2.37. The van der Waals surface area contributed by atoms with E-state index in [1.165, 1.54) is 24.0 Å². The van der Waals surface area contributed by atoms with Crippen molar-refractivity contribution in [3.8, 4) is 0 Å². The molecule has 0 spiro atoms. The molecular weight excluding hydrogens is 234 g/mol. The number of aryl methyl sites for hydroxylation is 2. The van der Waals surface area contributed by atoms with E-state index in [0.717, 1.165) is 24.4 Å².